The highest BCUT2D eigenvalue weighted by Gasteiger charge is 2.84. The van der Waals surface area contributed by atoms with Crippen LogP contribution in [0.3, 0.4) is 0 Å². The molecule has 7 rings (SSSR count). The van der Waals surface area contributed by atoms with Gasteiger partial charge in [0.1, 0.15) is 24.4 Å². The van der Waals surface area contributed by atoms with Crippen molar-refractivity contribution >= 4 is 5.97 Å². The van der Waals surface area contributed by atoms with E-state index in [1.165, 1.54) is 6.42 Å². The second-order valence-corrected chi connectivity index (χ2v) is 15.8. The number of hydrogen-bond donors (Lipinski definition) is 4. The van der Waals surface area contributed by atoms with Crippen molar-refractivity contribution in [2.75, 3.05) is 6.61 Å². The Bertz CT molecular complexity index is 1050. The Kier molecular flexibility index (Phi) is 5.69. The average molecular weight is 549 g/mol. The number of carbonyl (C=O) groups excluding carboxylic acids is 1. The Morgan fingerprint density at radius 3 is 2.41 bits per heavy atom. The maximum Gasteiger partial charge on any atom is 0.306 e. The van der Waals surface area contributed by atoms with E-state index < -0.39 is 30.7 Å². The smallest absolute Gasteiger partial charge is 0.306 e. The van der Waals surface area contributed by atoms with Crippen LogP contribution in [0.1, 0.15) is 86.0 Å². The molecule has 0 radical (unpaired) electrons. The van der Waals surface area contributed by atoms with Gasteiger partial charge in [0, 0.05) is 12.3 Å². The lowest BCUT2D eigenvalue weighted by Crippen LogP contribution is -2.63. The van der Waals surface area contributed by atoms with Gasteiger partial charge in [-0.2, -0.15) is 0 Å². The zero-order chi connectivity index (χ0) is 27.9. The predicted octanol–water partition coefficient (Wildman–Crippen LogP) is 2.78. The Balaban J connectivity index is 1.17. The van der Waals surface area contributed by atoms with Crippen LogP contribution >= 0.6 is 0 Å². The molecule has 0 aromatic rings. The standard InChI is InChI=1S/C31H48O8/c1-15-10-21(34)38-18-12-29(5)19-11-16(32)25-27(2,3)20(39-26-24(36)23(35)17(33)13-37-26)6-7-31(25)14-30(19,31)9-8-28(29,4)22(15)18/h15-20,22-26,32-33,35-36H,6-14H2,1-5H3/t15-,16+,17-,18+,19+,20+,22+,23+,24-,25+,26+,28-,29+,30+,31-/m1/s1. The Morgan fingerprint density at radius 1 is 0.923 bits per heavy atom. The molecule has 7 fully saturated rings. The molecule has 0 unspecified atom stereocenters. The summed E-state index contributed by atoms with van der Waals surface area (Å²) in [4.78, 5) is 12.4. The van der Waals surface area contributed by atoms with Gasteiger partial charge in [-0.1, -0.05) is 34.6 Å². The van der Waals surface area contributed by atoms with Gasteiger partial charge in [-0.15, -0.1) is 0 Å². The number of aliphatic hydroxyl groups is 4. The van der Waals surface area contributed by atoms with Crippen LogP contribution in [0.25, 0.3) is 0 Å². The molecule has 2 spiro atoms. The summed E-state index contributed by atoms with van der Waals surface area (Å²) in [6.45, 7) is 11.5. The quantitative estimate of drug-likeness (QED) is 0.307. The summed E-state index contributed by atoms with van der Waals surface area (Å²) in [5.74, 6) is 1.14. The predicted molar refractivity (Wildman–Crippen MR) is 140 cm³/mol. The molecule has 8 heteroatoms. The molecule has 4 N–H and O–H groups in total. The van der Waals surface area contributed by atoms with Crippen LogP contribution in [0, 0.1) is 50.7 Å². The van der Waals surface area contributed by atoms with Gasteiger partial charge in [0.15, 0.2) is 6.29 Å². The molecule has 5 aliphatic carbocycles. The number of aliphatic hydroxyl groups excluding tert-OH is 4. The van der Waals surface area contributed by atoms with Crippen molar-refractivity contribution in [3.8, 4) is 0 Å². The van der Waals surface area contributed by atoms with Crippen LogP contribution in [-0.2, 0) is 19.0 Å². The summed E-state index contributed by atoms with van der Waals surface area (Å²) in [5.41, 5.74) is 0.0326. The number of fused-ring (bicyclic) bond motifs is 4. The van der Waals surface area contributed by atoms with E-state index in [1.54, 1.807) is 0 Å². The van der Waals surface area contributed by atoms with E-state index in [4.69, 9.17) is 14.2 Å². The van der Waals surface area contributed by atoms with E-state index in [-0.39, 0.29) is 57.8 Å². The molecule has 2 heterocycles. The van der Waals surface area contributed by atoms with Crippen molar-refractivity contribution in [1.29, 1.82) is 0 Å². The largest absolute Gasteiger partial charge is 0.462 e. The molecule has 2 saturated heterocycles. The molecule has 7 aliphatic rings. The number of esters is 1. The molecular formula is C31H48O8. The van der Waals surface area contributed by atoms with E-state index >= 15 is 0 Å². The fourth-order valence-corrected chi connectivity index (χ4v) is 12.5. The summed E-state index contributed by atoms with van der Waals surface area (Å²) in [5, 5.41) is 42.6. The topological polar surface area (TPSA) is 126 Å². The first-order valence-electron chi connectivity index (χ1n) is 15.4. The normalized spacial score (nSPS) is 61.2. The van der Waals surface area contributed by atoms with Crippen molar-refractivity contribution in [3.63, 3.8) is 0 Å². The van der Waals surface area contributed by atoms with Crippen molar-refractivity contribution in [2.24, 2.45) is 50.7 Å². The van der Waals surface area contributed by atoms with Crippen LogP contribution in [-0.4, -0.2) is 75.9 Å². The van der Waals surface area contributed by atoms with Gasteiger partial charge >= 0.3 is 5.97 Å². The SMILES string of the molecule is C[C@@H]1CC(=O)O[C@H]2C[C@@]3(C)[C@@H]4C[C@H](O)[C@H]5C(C)(C)[C@@H](O[C@@H]6OC[C@@H](O)[C@H](O)[C@H]6O)CC[C@@]56C[C@@]46CC[C@]3(C)[C@@H]12. The van der Waals surface area contributed by atoms with Gasteiger partial charge in [0.25, 0.3) is 0 Å². The highest BCUT2D eigenvalue weighted by atomic mass is 16.7. The lowest BCUT2D eigenvalue weighted by atomic mass is 9.41. The second kappa shape index (κ2) is 8.19. The molecule has 0 aromatic heterocycles. The summed E-state index contributed by atoms with van der Waals surface area (Å²) in [6.07, 6.45) is 1.99. The first-order valence-corrected chi connectivity index (χ1v) is 15.4. The maximum absolute atomic E-state index is 12.4. The number of rotatable bonds is 2. The minimum atomic E-state index is -1.31. The average Bonchev–Trinajstić information content (AvgIpc) is 3.42. The molecule has 8 nitrogen and oxygen atoms in total. The summed E-state index contributed by atoms with van der Waals surface area (Å²) < 4.78 is 18.0. The fourth-order valence-electron chi connectivity index (χ4n) is 12.5. The lowest BCUT2D eigenvalue weighted by molar-refractivity contribution is -0.306. The molecular weight excluding hydrogens is 500 g/mol. The molecule has 15 atom stereocenters. The van der Waals surface area contributed by atoms with Crippen molar-refractivity contribution < 1.29 is 39.4 Å². The van der Waals surface area contributed by atoms with Crippen LogP contribution < -0.4 is 0 Å². The molecule has 39 heavy (non-hydrogen) atoms. The van der Waals surface area contributed by atoms with Gasteiger partial charge in [0.2, 0.25) is 0 Å². The van der Waals surface area contributed by atoms with Crippen LogP contribution in [0.2, 0.25) is 0 Å². The zero-order valence-electron chi connectivity index (χ0n) is 24.1. The van der Waals surface area contributed by atoms with E-state index in [9.17, 15) is 25.2 Å². The molecule has 220 valence electrons. The van der Waals surface area contributed by atoms with Crippen LogP contribution in [0.15, 0.2) is 0 Å². The Hall–Kier alpha value is -0.770. The maximum atomic E-state index is 12.4. The van der Waals surface area contributed by atoms with Gasteiger partial charge in [-0.25, -0.2) is 0 Å². The minimum Gasteiger partial charge on any atom is -0.462 e. The molecule has 0 bridgehead atoms. The third kappa shape index (κ3) is 3.20. The number of hydrogen-bond acceptors (Lipinski definition) is 8. The molecule has 0 amide bonds. The van der Waals surface area contributed by atoms with Gasteiger partial charge in [-0.05, 0) is 89.8 Å². The fraction of sp³-hybridized carbons (Fsp3) is 0.968. The summed E-state index contributed by atoms with van der Waals surface area (Å²) >= 11 is 0. The zero-order valence-corrected chi connectivity index (χ0v) is 24.1. The van der Waals surface area contributed by atoms with E-state index in [2.05, 4.69) is 34.6 Å². The van der Waals surface area contributed by atoms with E-state index in [1.807, 2.05) is 0 Å². The Morgan fingerprint density at radius 2 is 1.67 bits per heavy atom. The second-order valence-electron chi connectivity index (χ2n) is 15.8. The van der Waals surface area contributed by atoms with Gasteiger partial charge < -0.3 is 34.6 Å². The molecule has 2 aliphatic heterocycles. The van der Waals surface area contributed by atoms with Crippen molar-refractivity contribution in [1.82, 2.24) is 0 Å². The van der Waals surface area contributed by atoms with E-state index in [0.717, 1.165) is 38.5 Å². The monoisotopic (exact) mass is 548 g/mol. The Labute approximate surface area is 231 Å². The number of ether oxygens (including phenoxy) is 3. The lowest BCUT2D eigenvalue weighted by Gasteiger charge is -2.64. The van der Waals surface area contributed by atoms with E-state index in [0.29, 0.717) is 24.2 Å². The van der Waals surface area contributed by atoms with Crippen LogP contribution in [0.5, 0.6) is 0 Å². The summed E-state index contributed by atoms with van der Waals surface area (Å²) in [7, 11) is 0. The van der Waals surface area contributed by atoms with Gasteiger partial charge in [0.05, 0.1) is 18.8 Å². The third-order valence-corrected chi connectivity index (χ3v) is 14.2. The summed E-state index contributed by atoms with van der Waals surface area (Å²) in [6, 6.07) is 0. The molecule has 5 saturated carbocycles. The van der Waals surface area contributed by atoms with Gasteiger partial charge in [-0.3, -0.25) is 4.79 Å². The first kappa shape index (κ1) is 27.1. The van der Waals surface area contributed by atoms with Crippen molar-refractivity contribution in [2.45, 2.75) is 129 Å². The highest BCUT2D eigenvalue weighted by molar-refractivity contribution is 5.71. The molecule has 0 aromatic carbocycles. The number of carbonyl (C=O) groups is 1. The van der Waals surface area contributed by atoms with Crippen LogP contribution in [0.4, 0.5) is 0 Å². The van der Waals surface area contributed by atoms with Crippen molar-refractivity contribution in [3.05, 3.63) is 0 Å². The minimum absolute atomic E-state index is 0.00710. The third-order valence-electron chi connectivity index (χ3n) is 14.2. The first-order chi connectivity index (χ1) is 18.2. The highest BCUT2D eigenvalue weighted by Crippen LogP contribution is 2.89.